The fourth-order valence-corrected chi connectivity index (χ4v) is 8.47. The first-order valence-electron chi connectivity index (χ1n) is 16.5. The summed E-state index contributed by atoms with van der Waals surface area (Å²) in [5, 5.41) is 2.35. The highest BCUT2D eigenvalue weighted by atomic mass is 16.3. The molecule has 2 aliphatic rings. The Kier molecular flexibility index (Phi) is 5.51. The maximum atomic E-state index is 6.44. The monoisotopic (exact) mass is 601 g/mol. The van der Waals surface area contributed by atoms with Gasteiger partial charge in [0.1, 0.15) is 11.2 Å². The molecule has 1 unspecified atom stereocenters. The Balaban J connectivity index is 1.29. The van der Waals surface area contributed by atoms with Gasteiger partial charge in [0.15, 0.2) is 0 Å². The fourth-order valence-electron chi connectivity index (χ4n) is 8.47. The van der Waals surface area contributed by atoms with E-state index >= 15 is 0 Å². The molecule has 0 saturated carbocycles. The summed E-state index contributed by atoms with van der Waals surface area (Å²) in [6.07, 6.45) is 0.945. The maximum absolute atomic E-state index is 6.44. The molecule has 1 atom stereocenters. The number of benzene rings is 7. The van der Waals surface area contributed by atoms with E-state index in [1.54, 1.807) is 0 Å². The number of rotatable bonds is 4. The predicted octanol–water partition coefficient (Wildman–Crippen LogP) is 12.4. The van der Waals surface area contributed by atoms with Crippen LogP contribution in [0, 0.1) is 0 Å². The fraction of sp³-hybridized carbons (Fsp3) is 0.0667. The van der Waals surface area contributed by atoms with Crippen molar-refractivity contribution in [1.82, 2.24) is 0 Å². The van der Waals surface area contributed by atoms with Gasteiger partial charge in [-0.2, -0.15) is 0 Å². The van der Waals surface area contributed by atoms with Crippen molar-refractivity contribution in [2.75, 3.05) is 4.90 Å². The highest BCUT2D eigenvalue weighted by Crippen LogP contribution is 2.64. The minimum atomic E-state index is -0.300. The minimum Gasteiger partial charge on any atom is -0.456 e. The van der Waals surface area contributed by atoms with Crippen molar-refractivity contribution in [3.05, 3.63) is 174 Å². The number of hydrogen-bond donors (Lipinski definition) is 0. The van der Waals surface area contributed by atoms with Crippen LogP contribution in [-0.2, 0) is 5.41 Å². The number of hydrogen-bond acceptors (Lipinski definition) is 2. The zero-order valence-electron chi connectivity index (χ0n) is 26.1. The van der Waals surface area contributed by atoms with Crippen molar-refractivity contribution in [2.24, 2.45) is 0 Å². The van der Waals surface area contributed by atoms with Gasteiger partial charge in [0, 0.05) is 16.5 Å². The standard InChI is InChI=1S/C45H31NO/c1-2-45-38-24-23-32(30-15-7-4-8-16-30)26-41(38)46(33-18-11-17-31(25-33)29-13-5-3-6-14-29)40-21-12-20-35(44(40)45)36-28-43-37(27-39(36)45)34-19-9-10-22-42(34)47-43/h3-28H,2H2,1H3. The van der Waals surface area contributed by atoms with E-state index in [0.29, 0.717) is 0 Å². The van der Waals surface area contributed by atoms with E-state index in [1.807, 2.05) is 0 Å². The van der Waals surface area contributed by atoms with Gasteiger partial charge in [0.25, 0.3) is 0 Å². The summed E-state index contributed by atoms with van der Waals surface area (Å²) in [6.45, 7) is 2.36. The zero-order valence-corrected chi connectivity index (χ0v) is 26.1. The van der Waals surface area contributed by atoms with Crippen LogP contribution in [-0.4, -0.2) is 0 Å². The van der Waals surface area contributed by atoms with Crippen molar-refractivity contribution in [3.8, 4) is 33.4 Å². The molecule has 8 aromatic rings. The molecule has 1 aliphatic heterocycles. The average molecular weight is 602 g/mol. The topological polar surface area (TPSA) is 16.4 Å². The molecule has 2 heterocycles. The molecule has 0 spiro atoms. The number of nitrogens with zero attached hydrogens (tertiary/aromatic N) is 1. The molecule has 2 nitrogen and oxygen atoms in total. The molecule has 7 aromatic carbocycles. The second kappa shape index (κ2) is 9.82. The van der Waals surface area contributed by atoms with Crippen molar-refractivity contribution >= 4 is 39.0 Å². The molecule has 2 heteroatoms. The van der Waals surface area contributed by atoms with Crippen molar-refractivity contribution < 1.29 is 4.42 Å². The van der Waals surface area contributed by atoms with E-state index in [0.717, 1.165) is 23.3 Å². The third-order valence-electron chi connectivity index (χ3n) is 10.5. The summed E-state index contributed by atoms with van der Waals surface area (Å²) < 4.78 is 6.44. The molecule has 0 radical (unpaired) electrons. The van der Waals surface area contributed by atoms with E-state index in [1.165, 1.54) is 72.2 Å². The van der Waals surface area contributed by atoms with Gasteiger partial charge in [-0.25, -0.2) is 0 Å². The lowest BCUT2D eigenvalue weighted by atomic mass is 9.67. The van der Waals surface area contributed by atoms with Gasteiger partial charge < -0.3 is 9.32 Å². The lowest BCUT2D eigenvalue weighted by Gasteiger charge is -2.44. The van der Waals surface area contributed by atoms with Gasteiger partial charge >= 0.3 is 0 Å². The van der Waals surface area contributed by atoms with Crippen LogP contribution < -0.4 is 4.90 Å². The smallest absolute Gasteiger partial charge is 0.136 e. The molecular weight excluding hydrogens is 571 g/mol. The number of anilines is 3. The van der Waals surface area contributed by atoms with E-state index in [4.69, 9.17) is 4.42 Å². The van der Waals surface area contributed by atoms with E-state index in [2.05, 4.69) is 170 Å². The molecule has 47 heavy (non-hydrogen) atoms. The van der Waals surface area contributed by atoms with Gasteiger partial charge in [0.2, 0.25) is 0 Å². The average Bonchev–Trinajstić information content (AvgIpc) is 3.65. The van der Waals surface area contributed by atoms with Gasteiger partial charge in [-0.05, 0) is 99.0 Å². The van der Waals surface area contributed by atoms with E-state index in [9.17, 15) is 0 Å². The first kappa shape index (κ1) is 26.4. The van der Waals surface area contributed by atoms with Crippen LogP contribution in [0.5, 0.6) is 0 Å². The maximum Gasteiger partial charge on any atom is 0.136 e. The van der Waals surface area contributed by atoms with Crippen molar-refractivity contribution in [3.63, 3.8) is 0 Å². The van der Waals surface area contributed by atoms with Gasteiger partial charge in [-0.1, -0.05) is 122 Å². The summed E-state index contributed by atoms with van der Waals surface area (Å²) >= 11 is 0. The van der Waals surface area contributed by atoms with Crippen LogP contribution in [0.3, 0.4) is 0 Å². The van der Waals surface area contributed by atoms with E-state index < -0.39 is 0 Å². The number of furan rings is 1. The Morgan fingerprint density at radius 2 is 1.19 bits per heavy atom. The molecule has 0 saturated heterocycles. The molecule has 1 aromatic heterocycles. The lowest BCUT2D eigenvalue weighted by molar-refractivity contribution is 0.603. The highest BCUT2D eigenvalue weighted by molar-refractivity contribution is 6.09. The zero-order chi connectivity index (χ0) is 31.1. The number of fused-ring (bicyclic) bond motifs is 8. The summed E-state index contributed by atoms with van der Waals surface area (Å²) in [6, 6.07) is 57.6. The normalized spacial score (nSPS) is 15.9. The first-order valence-corrected chi connectivity index (χ1v) is 16.5. The van der Waals surface area contributed by atoms with E-state index in [-0.39, 0.29) is 5.41 Å². The van der Waals surface area contributed by atoms with Crippen LogP contribution in [0.25, 0.3) is 55.3 Å². The predicted molar refractivity (Wildman–Crippen MR) is 195 cm³/mol. The van der Waals surface area contributed by atoms with Gasteiger partial charge in [-0.3, -0.25) is 0 Å². The van der Waals surface area contributed by atoms with Crippen LogP contribution in [0.2, 0.25) is 0 Å². The molecule has 222 valence electrons. The highest BCUT2D eigenvalue weighted by Gasteiger charge is 2.50. The lowest BCUT2D eigenvalue weighted by Crippen LogP contribution is -2.34. The quantitative estimate of drug-likeness (QED) is 0.199. The summed E-state index contributed by atoms with van der Waals surface area (Å²) in [4.78, 5) is 2.51. The Hall–Kier alpha value is -5.86. The number of para-hydroxylation sites is 1. The third kappa shape index (κ3) is 3.61. The van der Waals surface area contributed by atoms with Crippen LogP contribution in [0.15, 0.2) is 162 Å². The molecule has 0 N–H and O–H groups in total. The summed E-state index contributed by atoms with van der Waals surface area (Å²) in [7, 11) is 0. The van der Waals surface area contributed by atoms with Crippen LogP contribution in [0.1, 0.15) is 30.0 Å². The SMILES string of the molecule is CCC12c3cc4c(cc3-c3cccc(c31)N(c1cccc(-c3ccccc3)c1)c1cc(-c3ccccc3)ccc12)oc1ccccc14. The van der Waals surface area contributed by atoms with Crippen molar-refractivity contribution in [2.45, 2.75) is 18.8 Å². The summed E-state index contributed by atoms with van der Waals surface area (Å²) in [5.41, 5.74) is 16.7. The minimum absolute atomic E-state index is 0.300. The van der Waals surface area contributed by atoms with Gasteiger partial charge in [0.05, 0.1) is 16.8 Å². The molecule has 0 bridgehead atoms. The molecular formula is C45H31NO. The molecule has 1 aliphatic carbocycles. The Bertz CT molecular complexity index is 2510. The molecule has 0 amide bonds. The molecule has 0 fully saturated rings. The second-order valence-corrected chi connectivity index (χ2v) is 12.8. The third-order valence-corrected chi connectivity index (χ3v) is 10.5. The van der Waals surface area contributed by atoms with Crippen molar-refractivity contribution in [1.29, 1.82) is 0 Å². The Labute approximate surface area is 274 Å². The van der Waals surface area contributed by atoms with Gasteiger partial charge in [-0.15, -0.1) is 0 Å². The second-order valence-electron chi connectivity index (χ2n) is 12.8. The first-order chi connectivity index (χ1) is 23.2. The Morgan fingerprint density at radius 3 is 1.98 bits per heavy atom. The van der Waals surface area contributed by atoms with Crippen LogP contribution >= 0.6 is 0 Å². The largest absolute Gasteiger partial charge is 0.456 e. The molecule has 10 rings (SSSR count). The summed E-state index contributed by atoms with van der Waals surface area (Å²) in [5.74, 6) is 0. The van der Waals surface area contributed by atoms with Crippen LogP contribution in [0.4, 0.5) is 17.1 Å². The Morgan fingerprint density at radius 1 is 0.489 bits per heavy atom.